The summed E-state index contributed by atoms with van der Waals surface area (Å²) < 4.78 is 14.6. The summed E-state index contributed by atoms with van der Waals surface area (Å²) in [5.74, 6) is -1.50. The molecular formula is C15H18FNO3S. The average Bonchev–Trinajstić information content (AvgIpc) is 2.76. The van der Waals surface area contributed by atoms with Crippen molar-refractivity contribution in [2.45, 2.75) is 39.0 Å². The monoisotopic (exact) mass is 311 g/mol. The van der Waals surface area contributed by atoms with Gasteiger partial charge in [-0.2, -0.15) is 0 Å². The van der Waals surface area contributed by atoms with E-state index in [1.54, 1.807) is 19.1 Å². The van der Waals surface area contributed by atoms with E-state index >= 15 is 0 Å². The van der Waals surface area contributed by atoms with E-state index in [9.17, 15) is 19.4 Å². The van der Waals surface area contributed by atoms with Crippen LogP contribution in [0.2, 0.25) is 0 Å². The average molecular weight is 311 g/mol. The van der Waals surface area contributed by atoms with Crippen LogP contribution in [0.5, 0.6) is 0 Å². The van der Waals surface area contributed by atoms with Crippen LogP contribution < -0.4 is 5.32 Å². The fourth-order valence-corrected chi connectivity index (χ4v) is 3.05. The maximum absolute atomic E-state index is 14.0. The Labute approximate surface area is 126 Å². The molecule has 2 aromatic rings. The van der Waals surface area contributed by atoms with Gasteiger partial charge in [-0.05, 0) is 32.9 Å². The molecule has 0 amide bonds. The number of aliphatic hydroxyl groups excluding tert-OH is 1. The van der Waals surface area contributed by atoms with E-state index in [1.807, 2.05) is 13.8 Å². The van der Waals surface area contributed by atoms with E-state index in [1.165, 1.54) is 6.07 Å². The second-order valence-electron chi connectivity index (χ2n) is 5.58. The first-order chi connectivity index (χ1) is 9.74. The van der Waals surface area contributed by atoms with Gasteiger partial charge in [0.2, 0.25) is 0 Å². The second kappa shape index (κ2) is 5.71. The van der Waals surface area contributed by atoms with E-state index in [4.69, 9.17) is 0 Å². The molecule has 0 aliphatic rings. The molecule has 0 bridgehead atoms. The summed E-state index contributed by atoms with van der Waals surface area (Å²) in [7, 11) is 0. The van der Waals surface area contributed by atoms with Crippen LogP contribution in [0.15, 0.2) is 18.2 Å². The van der Waals surface area contributed by atoms with Gasteiger partial charge in [0.15, 0.2) is 0 Å². The number of aromatic carboxylic acids is 1. The Morgan fingerprint density at radius 3 is 2.71 bits per heavy atom. The smallest absolute Gasteiger partial charge is 0.346 e. The molecule has 0 saturated carbocycles. The van der Waals surface area contributed by atoms with Gasteiger partial charge in [-0.15, -0.1) is 11.3 Å². The molecular weight excluding hydrogens is 293 g/mol. The number of carboxylic acids is 1. The van der Waals surface area contributed by atoms with Crippen LogP contribution >= 0.6 is 11.3 Å². The van der Waals surface area contributed by atoms with Gasteiger partial charge < -0.3 is 15.5 Å². The number of thiophene rings is 1. The van der Waals surface area contributed by atoms with Gasteiger partial charge in [0.05, 0.1) is 6.10 Å². The highest BCUT2D eigenvalue weighted by atomic mass is 32.1. The molecule has 0 aliphatic carbocycles. The van der Waals surface area contributed by atoms with Crippen molar-refractivity contribution < 1.29 is 19.4 Å². The largest absolute Gasteiger partial charge is 0.477 e. The second-order valence-corrected chi connectivity index (χ2v) is 6.63. The quantitative estimate of drug-likeness (QED) is 0.794. The van der Waals surface area contributed by atoms with Gasteiger partial charge in [-0.3, -0.25) is 0 Å². The SMILES string of the molecule is CC(O)C(C)(C)NCc1c(C(=O)O)sc2cccc(F)c12. The summed E-state index contributed by atoms with van der Waals surface area (Å²) in [4.78, 5) is 11.5. The molecule has 2 rings (SSSR count). The maximum atomic E-state index is 14.0. The minimum Gasteiger partial charge on any atom is -0.477 e. The van der Waals surface area contributed by atoms with E-state index in [2.05, 4.69) is 5.32 Å². The normalized spacial score (nSPS) is 13.6. The van der Waals surface area contributed by atoms with Gasteiger partial charge >= 0.3 is 5.97 Å². The van der Waals surface area contributed by atoms with Crippen molar-refractivity contribution in [1.82, 2.24) is 5.32 Å². The van der Waals surface area contributed by atoms with Gasteiger partial charge in [0.25, 0.3) is 0 Å². The van der Waals surface area contributed by atoms with Crippen LogP contribution in [0.25, 0.3) is 10.1 Å². The predicted octanol–water partition coefficient (Wildman–Crippen LogP) is 2.99. The molecule has 0 radical (unpaired) electrons. The number of benzene rings is 1. The zero-order valence-corrected chi connectivity index (χ0v) is 12.9. The molecule has 0 spiro atoms. The summed E-state index contributed by atoms with van der Waals surface area (Å²) >= 11 is 1.06. The Morgan fingerprint density at radius 2 is 2.14 bits per heavy atom. The van der Waals surface area contributed by atoms with Crippen LogP contribution in [-0.4, -0.2) is 27.8 Å². The van der Waals surface area contributed by atoms with Crippen LogP contribution in [0.4, 0.5) is 4.39 Å². The lowest BCUT2D eigenvalue weighted by Gasteiger charge is -2.29. The lowest BCUT2D eigenvalue weighted by atomic mass is 9.98. The molecule has 1 atom stereocenters. The highest BCUT2D eigenvalue weighted by Crippen LogP contribution is 2.33. The first-order valence-electron chi connectivity index (χ1n) is 6.60. The summed E-state index contributed by atoms with van der Waals surface area (Å²) in [5.41, 5.74) is -0.177. The first-order valence-corrected chi connectivity index (χ1v) is 7.42. The summed E-state index contributed by atoms with van der Waals surface area (Å²) in [6.45, 7) is 5.45. The third kappa shape index (κ3) is 3.07. The van der Waals surface area contributed by atoms with Crippen molar-refractivity contribution in [3.8, 4) is 0 Å². The zero-order valence-electron chi connectivity index (χ0n) is 12.1. The van der Waals surface area contributed by atoms with E-state index in [0.29, 0.717) is 15.6 Å². The molecule has 3 N–H and O–H groups in total. The molecule has 0 saturated heterocycles. The molecule has 1 unspecified atom stereocenters. The van der Waals surface area contributed by atoms with Crippen molar-refractivity contribution >= 4 is 27.4 Å². The molecule has 0 fully saturated rings. The van der Waals surface area contributed by atoms with Crippen LogP contribution in [-0.2, 0) is 6.54 Å². The molecule has 1 aromatic carbocycles. The van der Waals surface area contributed by atoms with Gasteiger partial charge in [-0.25, -0.2) is 9.18 Å². The summed E-state index contributed by atoms with van der Waals surface area (Å²) in [6.07, 6.45) is -0.625. The first kappa shape index (κ1) is 15.9. The Bertz CT molecular complexity index is 679. The van der Waals surface area contributed by atoms with Gasteiger partial charge in [0, 0.05) is 27.7 Å². The van der Waals surface area contributed by atoms with Crippen LogP contribution in [0, 0.1) is 5.82 Å². The molecule has 1 aromatic heterocycles. The van der Waals surface area contributed by atoms with E-state index in [0.717, 1.165) is 11.3 Å². The summed E-state index contributed by atoms with van der Waals surface area (Å²) in [5, 5.41) is 22.5. The number of carboxylic acid groups (broad SMARTS) is 1. The Hall–Kier alpha value is -1.50. The highest BCUT2D eigenvalue weighted by molar-refractivity contribution is 7.21. The number of fused-ring (bicyclic) bond motifs is 1. The van der Waals surface area contributed by atoms with Crippen molar-refractivity contribution in [3.63, 3.8) is 0 Å². The number of carbonyl (C=O) groups is 1. The number of aliphatic hydroxyl groups is 1. The third-order valence-corrected chi connectivity index (χ3v) is 4.91. The topological polar surface area (TPSA) is 69.6 Å². The fourth-order valence-electron chi connectivity index (χ4n) is 1.97. The Kier molecular flexibility index (Phi) is 4.32. The molecule has 1 heterocycles. The number of rotatable bonds is 5. The Morgan fingerprint density at radius 1 is 1.48 bits per heavy atom. The van der Waals surface area contributed by atoms with Gasteiger partial charge in [0.1, 0.15) is 10.7 Å². The van der Waals surface area contributed by atoms with E-state index < -0.39 is 23.4 Å². The minimum absolute atomic E-state index is 0.129. The van der Waals surface area contributed by atoms with Crippen molar-refractivity contribution in [3.05, 3.63) is 34.5 Å². The molecule has 114 valence electrons. The maximum Gasteiger partial charge on any atom is 0.346 e. The fraction of sp³-hybridized carbons (Fsp3) is 0.400. The van der Waals surface area contributed by atoms with Crippen molar-refractivity contribution in [2.24, 2.45) is 0 Å². The highest BCUT2D eigenvalue weighted by Gasteiger charge is 2.26. The zero-order chi connectivity index (χ0) is 15.8. The number of halogens is 1. The number of hydrogen-bond acceptors (Lipinski definition) is 4. The molecule has 4 nitrogen and oxygen atoms in total. The summed E-state index contributed by atoms with van der Waals surface area (Å²) in [6, 6.07) is 4.60. The van der Waals surface area contributed by atoms with Crippen molar-refractivity contribution in [1.29, 1.82) is 0 Å². The lowest BCUT2D eigenvalue weighted by Crippen LogP contribution is -2.47. The van der Waals surface area contributed by atoms with Gasteiger partial charge in [-0.1, -0.05) is 6.07 Å². The Balaban J connectivity index is 2.46. The molecule has 6 heteroatoms. The van der Waals surface area contributed by atoms with E-state index in [-0.39, 0.29) is 11.4 Å². The molecule has 0 aliphatic heterocycles. The number of nitrogens with one attached hydrogen (secondary N) is 1. The number of hydrogen-bond donors (Lipinski definition) is 3. The van der Waals surface area contributed by atoms with Crippen LogP contribution in [0.3, 0.4) is 0 Å². The predicted molar refractivity (Wildman–Crippen MR) is 81.3 cm³/mol. The minimum atomic E-state index is -1.07. The standard InChI is InChI=1S/C15H18FNO3S/c1-8(18)15(2,3)17-7-9-12-10(16)5-4-6-11(12)21-13(9)14(19)20/h4-6,8,17-18H,7H2,1-3H3,(H,19,20). The lowest BCUT2D eigenvalue weighted by molar-refractivity contribution is 0.0700. The van der Waals surface area contributed by atoms with Crippen LogP contribution in [0.1, 0.15) is 36.0 Å². The van der Waals surface area contributed by atoms with Crippen molar-refractivity contribution in [2.75, 3.05) is 0 Å². The third-order valence-electron chi connectivity index (χ3n) is 3.72. The molecule has 21 heavy (non-hydrogen) atoms.